The molecule has 32 heavy (non-hydrogen) atoms. The van der Waals surface area contributed by atoms with Gasteiger partial charge in [0.15, 0.2) is 5.11 Å². The predicted molar refractivity (Wildman–Crippen MR) is 132 cm³/mol. The van der Waals surface area contributed by atoms with Gasteiger partial charge in [-0.15, -0.1) is 0 Å². The Morgan fingerprint density at radius 1 is 1.06 bits per heavy atom. The van der Waals surface area contributed by atoms with Crippen molar-refractivity contribution in [2.75, 3.05) is 11.9 Å². The van der Waals surface area contributed by atoms with Gasteiger partial charge in [-0.3, -0.25) is 5.43 Å². The van der Waals surface area contributed by atoms with Crippen LogP contribution in [-0.4, -0.2) is 23.9 Å². The Hall–Kier alpha value is -3.42. The van der Waals surface area contributed by atoms with E-state index in [1.54, 1.807) is 66.9 Å². The molecule has 3 aromatic carbocycles. The van der Waals surface area contributed by atoms with Crippen molar-refractivity contribution < 1.29 is 14.3 Å². The number of hydrazone groups is 1. The largest absolute Gasteiger partial charge is 0.494 e. The molecule has 3 aromatic rings. The second kappa shape index (κ2) is 11.8. The smallest absolute Gasteiger partial charge is 0.343 e. The lowest BCUT2D eigenvalue weighted by Crippen LogP contribution is -2.23. The molecule has 0 saturated heterocycles. The van der Waals surface area contributed by atoms with E-state index >= 15 is 0 Å². The topological polar surface area (TPSA) is 72.0 Å². The summed E-state index contributed by atoms with van der Waals surface area (Å²) in [6.45, 7) is 2.67. The number of ether oxygens (including phenoxy) is 2. The first kappa shape index (κ1) is 23.2. The monoisotopic (exact) mass is 467 g/mol. The number of carbonyl (C=O) groups is 1. The van der Waals surface area contributed by atoms with E-state index in [2.05, 4.69) is 15.8 Å². The quantitative estimate of drug-likeness (QED) is 0.146. The molecule has 0 spiro atoms. The number of carbonyl (C=O) groups excluding carboxylic acids is 1. The van der Waals surface area contributed by atoms with Crippen LogP contribution in [0.5, 0.6) is 11.5 Å². The SMILES string of the molecule is CCCOc1ccc(C(=O)Oc2ccc(/C=N/NC(=S)Nc3cccc(Cl)c3)cc2)cc1. The second-order valence-corrected chi connectivity index (χ2v) is 7.51. The van der Waals surface area contributed by atoms with Gasteiger partial charge in [-0.2, -0.15) is 5.10 Å². The number of halogens is 1. The van der Waals surface area contributed by atoms with Gasteiger partial charge in [0.1, 0.15) is 11.5 Å². The zero-order chi connectivity index (χ0) is 22.8. The third-order valence-electron chi connectivity index (χ3n) is 4.12. The van der Waals surface area contributed by atoms with E-state index in [0.717, 1.165) is 23.4 Å². The zero-order valence-corrected chi connectivity index (χ0v) is 19.0. The van der Waals surface area contributed by atoms with Crippen molar-refractivity contribution in [1.29, 1.82) is 0 Å². The van der Waals surface area contributed by atoms with Crippen molar-refractivity contribution in [2.45, 2.75) is 13.3 Å². The molecule has 0 unspecified atom stereocenters. The molecule has 0 heterocycles. The lowest BCUT2D eigenvalue weighted by molar-refractivity contribution is 0.0734. The fourth-order valence-corrected chi connectivity index (χ4v) is 2.95. The number of esters is 1. The zero-order valence-electron chi connectivity index (χ0n) is 17.4. The van der Waals surface area contributed by atoms with Crippen LogP contribution >= 0.6 is 23.8 Å². The van der Waals surface area contributed by atoms with Gasteiger partial charge in [-0.05, 0) is 90.9 Å². The van der Waals surface area contributed by atoms with Crippen molar-refractivity contribution in [1.82, 2.24) is 5.43 Å². The molecule has 0 aliphatic carbocycles. The highest BCUT2D eigenvalue weighted by atomic mass is 35.5. The van der Waals surface area contributed by atoms with Crippen LogP contribution < -0.4 is 20.2 Å². The molecule has 0 radical (unpaired) electrons. The highest BCUT2D eigenvalue weighted by Gasteiger charge is 2.09. The highest BCUT2D eigenvalue weighted by molar-refractivity contribution is 7.80. The average Bonchev–Trinajstić information content (AvgIpc) is 2.79. The van der Waals surface area contributed by atoms with Gasteiger partial charge in [0.25, 0.3) is 0 Å². The predicted octanol–water partition coefficient (Wildman–Crippen LogP) is 5.67. The van der Waals surface area contributed by atoms with E-state index in [4.69, 9.17) is 33.3 Å². The molecule has 2 N–H and O–H groups in total. The van der Waals surface area contributed by atoms with Gasteiger partial charge in [0.05, 0.1) is 18.4 Å². The van der Waals surface area contributed by atoms with E-state index in [9.17, 15) is 4.79 Å². The Kier molecular flexibility index (Phi) is 8.60. The highest BCUT2D eigenvalue weighted by Crippen LogP contribution is 2.17. The first-order chi connectivity index (χ1) is 15.5. The third kappa shape index (κ3) is 7.37. The van der Waals surface area contributed by atoms with Gasteiger partial charge in [0.2, 0.25) is 0 Å². The Morgan fingerprint density at radius 3 is 2.47 bits per heavy atom. The summed E-state index contributed by atoms with van der Waals surface area (Å²) in [5.74, 6) is 0.722. The van der Waals surface area contributed by atoms with E-state index < -0.39 is 5.97 Å². The average molecular weight is 468 g/mol. The molecular weight excluding hydrogens is 446 g/mol. The van der Waals surface area contributed by atoms with Gasteiger partial charge in [-0.1, -0.05) is 24.6 Å². The summed E-state index contributed by atoms with van der Waals surface area (Å²) >= 11 is 11.1. The maximum absolute atomic E-state index is 12.3. The number of hydrogen-bond acceptors (Lipinski definition) is 5. The molecular formula is C24H22ClN3O3S. The van der Waals surface area contributed by atoms with Crippen molar-refractivity contribution >= 4 is 46.8 Å². The number of benzene rings is 3. The Balaban J connectivity index is 1.48. The molecule has 6 nitrogen and oxygen atoms in total. The van der Waals surface area contributed by atoms with E-state index in [0.29, 0.717) is 28.1 Å². The van der Waals surface area contributed by atoms with Crippen molar-refractivity contribution in [2.24, 2.45) is 5.10 Å². The summed E-state index contributed by atoms with van der Waals surface area (Å²) in [5.41, 5.74) is 4.75. The van der Waals surface area contributed by atoms with E-state index in [-0.39, 0.29) is 0 Å². The van der Waals surface area contributed by atoms with Crippen LogP contribution in [0.1, 0.15) is 29.3 Å². The maximum atomic E-state index is 12.3. The van der Waals surface area contributed by atoms with Gasteiger partial charge < -0.3 is 14.8 Å². The summed E-state index contributed by atoms with van der Waals surface area (Å²) in [4.78, 5) is 12.3. The number of nitrogens with zero attached hydrogens (tertiary/aromatic N) is 1. The molecule has 0 atom stereocenters. The number of hydrogen-bond donors (Lipinski definition) is 2. The molecule has 0 aromatic heterocycles. The Labute approximate surface area is 197 Å². The van der Waals surface area contributed by atoms with Crippen LogP contribution in [0, 0.1) is 0 Å². The van der Waals surface area contributed by atoms with E-state index in [1.807, 2.05) is 19.1 Å². The molecule has 0 fully saturated rings. The van der Waals surface area contributed by atoms with E-state index in [1.165, 1.54) is 0 Å². The number of thiocarbonyl (C=S) groups is 1. The fraction of sp³-hybridized carbons (Fsp3) is 0.125. The standard InChI is InChI=1S/C24H22ClN3O3S/c1-2-14-30-21-12-8-18(9-13-21)23(29)31-22-10-6-17(7-11-22)16-26-28-24(32)27-20-5-3-4-19(25)15-20/h3-13,15-16H,2,14H2,1H3,(H2,27,28,32)/b26-16+. The van der Waals surface area contributed by atoms with Crippen molar-refractivity contribution in [3.05, 3.63) is 88.9 Å². The van der Waals surface area contributed by atoms with Crippen LogP contribution in [-0.2, 0) is 0 Å². The van der Waals surface area contributed by atoms with Crippen LogP contribution in [0.25, 0.3) is 0 Å². The summed E-state index contributed by atoms with van der Waals surface area (Å²) < 4.78 is 10.9. The maximum Gasteiger partial charge on any atom is 0.343 e. The minimum absolute atomic E-state index is 0.333. The first-order valence-corrected chi connectivity index (χ1v) is 10.7. The van der Waals surface area contributed by atoms with Crippen LogP contribution in [0.2, 0.25) is 5.02 Å². The molecule has 0 saturated carbocycles. The van der Waals surface area contributed by atoms with Crippen molar-refractivity contribution in [3.8, 4) is 11.5 Å². The van der Waals surface area contributed by atoms with Crippen LogP contribution in [0.15, 0.2) is 77.9 Å². The summed E-state index contributed by atoms with van der Waals surface area (Å²) in [7, 11) is 0. The summed E-state index contributed by atoms with van der Waals surface area (Å²) in [6, 6.07) is 21.0. The number of rotatable bonds is 8. The third-order valence-corrected chi connectivity index (χ3v) is 4.54. The number of nitrogens with one attached hydrogen (secondary N) is 2. The lowest BCUT2D eigenvalue weighted by atomic mass is 10.2. The van der Waals surface area contributed by atoms with Gasteiger partial charge in [-0.25, -0.2) is 4.79 Å². The molecule has 0 aliphatic rings. The minimum Gasteiger partial charge on any atom is -0.494 e. The van der Waals surface area contributed by atoms with Crippen LogP contribution in [0.4, 0.5) is 5.69 Å². The van der Waals surface area contributed by atoms with Crippen LogP contribution in [0.3, 0.4) is 0 Å². The van der Waals surface area contributed by atoms with Gasteiger partial charge in [0, 0.05) is 10.7 Å². The lowest BCUT2D eigenvalue weighted by Gasteiger charge is -2.07. The normalized spacial score (nSPS) is 10.6. The molecule has 8 heteroatoms. The summed E-state index contributed by atoms with van der Waals surface area (Å²) in [5, 5.41) is 8.03. The van der Waals surface area contributed by atoms with Crippen molar-refractivity contribution in [3.63, 3.8) is 0 Å². The Bertz CT molecular complexity index is 1090. The first-order valence-electron chi connectivity index (χ1n) is 9.94. The van der Waals surface area contributed by atoms with Gasteiger partial charge >= 0.3 is 5.97 Å². The second-order valence-electron chi connectivity index (χ2n) is 6.67. The molecule has 0 amide bonds. The Morgan fingerprint density at radius 2 is 1.78 bits per heavy atom. The molecule has 0 bridgehead atoms. The minimum atomic E-state index is -0.437. The molecule has 164 valence electrons. The summed E-state index contributed by atoms with van der Waals surface area (Å²) in [6.07, 6.45) is 2.53. The molecule has 0 aliphatic heterocycles. The number of anilines is 1. The molecule has 3 rings (SSSR count). The fourth-order valence-electron chi connectivity index (χ4n) is 2.59.